The lowest BCUT2D eigenvalue weighted by atomic mass is 10.00. The molecule has 25 heavy (non-hydrogen) atoms. The van der Waals surface area contributed by atoms with E-state index in [4.69, 9.17) is 19.3 Å². The maximum absolute atomic E-state index is 10.4. The van der Waals surface area contributed by atoms with Crippen molar-refractivity contribution in [1.82, 2.24) is 0 Å². The molecule has 11 heteroatoms. The van der Waals surface area contributed by atoms with Gasteiger partial charge in [-0.15, -0.1) is 11.8 Å². The Morgan fingerprint density at radius 1 is 1.00 bits per heavy atom. The van der Waals surface area contributed by atoms with Gasteiger partial charge in [-0.3, -0.25) is 0 Å². The molecule has 0 spiro atoms. The number of thioether (sulfide) groups is 1. The Bertz CT molecular complexity index is 415. The molecule has 0 aromatic heterocycles. The topological polar surface area (TPSA) is 169 Å². The first-order valence-electron chi connectivity index (χ1n) is 8.05. The summed E-state index contributed by atoms with van der Waals surface area (Å²) in [6.07, 6.45) is -12.2. The zero-order valence-corrected chi connectivity index (χ0v) is 14.5. The number of aliphatic hydroxyl groups excluding tert-OH is 7. The van der Waals surface area contributed by atoms with Crippen LogP contribution in [0.3, 0.4) is 0 Å². The van der Waals surface area contributed by atoms with Gasteiger partial charge in [0.15, 0.2) is 6.29 Å². The number of hydrogen-bond acceptors (Lipinski definition) is 11. The van der Waals surface area contributed by atoms with E-state index < -0.39 is 73.8 Å². The van der Waals surface area contributed by atoms with Gasteiger partial charge >= 0.3 is 0 Å². The summed E-state index contributed by atoms with van der Waals surface area (Å²) >= 11 is 1.25. The Kier molecular flexibility index (Phi) is 7.85. The normalized spacial score (nSPS) is 46.3. The lowest BCUT2D eigenvalue weighted by molar-refractivity contribution is -0.278. The summed E-state index contributed by atoms with van der Waals surface area (Å²) in [7, 11) is 0. The van der Waals surface area contributed by atoms with E-state index in [1.807, 2.05) is 6.92 Å². The van der Waals surface area contributed by atoms with Crippen LogP contribution in [0.5, 0.6) is 0 Å². The molecule has 0 saturated carbocycles. The van der Waals surface area contributed by atoms with Crippen molar-refractivity contribution in [3.8, 4) is 0 Å². The van der Waals surface area contributed by atoms with Crippen LogP contribution in [0.15, 0.2) is 0 Å². The molecule has 0 radical (unpaired) electrons. The third kappa shape index (κ3) is 4.45. The second-order valence-electron chi connectivity index (χ2n) is 5.96. The molecule has 0 unspecified atom stereocenters. The number of aliphatic hydroxyl groups is 7. The third-order valence-corrected chi connectivity index (χ3v) is 5.32. The van der Waals surface area contributed by atoms with Crippen LogP contribution >= 0.6 is 11.8 Å². The summed E-state index contributed by atoms with van der Waals surface area (Å²) < 4.78 is 16.1. The molecule has 0 aromatic carbocycles. The zero-order chi connectivity index (χ0) is 18.7. The minimum atomic E-state index is -1.56. The number of ether oxygens (including phenoxy) is 3. The van der Waals surface area contributed by atoms with E-state index in [9.17, 15) is 30.6 Å². The monoisotopic (exact) mass is 386 g/mol. The summed E-state index contributed by atoms with van der Waals surface area (Å²) in [5.74, 6) is 0.606. The Morgan fingerprint density at radius 2 is 1.68 bits per heavy atom. The first-order chi connectivity index (χ1) is 11.8. The third-order valence-electron chi connectivity index (χ3n) is 4.27. The predicted molar refractivity (Wildman–Crippen MR) is 84.5 cm³/mol. The molecule has 0 aromatic rings. The van der Waals surface area contributed by atoms with Crippen LogP contribution in [0.2, 0.25) is 0 Å². The second-order valence-corrected chi connectivity index (χ2v) is 7.34. The van der Waals surface area contributed by atoms with Gasteiger partial charge in [0.25, 0.3) is 0 Å². The van der Waals surface area contributed by atoms with Gasteiger partial charge in [-0.2, -0.15) is 0 Å². The van der Waals surface area contributed by atoms with Crippen LogP contribution in [-0.2, 0) is 14.2 Å². The van der Waals surface area contributed by atoms with Crippen LogP contribution in [-0.4, -0.2) is 115 Å². The molecule has 2 saturated heterocycles. The molecular weight excluding hydrogens is 360 g/mol. The molecule has 2 rings (SSSR count). The molecule has 148 valence electrons. The van der Waals surface area contributed by atoms with E-state index in [1.165, 1.54) is 11.8 Å². The molecule has 2 aliphatic heterocycles. The van der Waals surface area contributed by atoms with Crippen molar-refractivity contribution in [2.45, 2.75) is 67.5 Å². The zero-order valence-electron chi connectivity index (χ0n) is 13.7. The highest BCUT2D eigenvalue weighted by Gasteiger charge is 2.51. The molecule has 7 N–H and O–H groups in total. The molecule has 2 heterocycles. The molecule has 10 nitrogen and oxygen atoms in total. The van der Waals surface area contributed by atoms with Crippen molar-refractivity contribution in [3.63, 3.8) is 0 Å². The van der Waals surface area contributed by atoms with Crippen molar-refractivity contribution in [2.75, 3.05) is 19.0 Å². The minimum absolute atomic E-state index is 0.503. The molecule has 10 atom stereocenters. The largest absolute Gasteiger partial charge is 0.394 e. The maximum atomic E-state index is 10.4. The number of rotatable bonds is 7. The number of hydrogen-bond donors (Lipinski definition) is 7. The van der Waals surface area contributed by atoms with Gasteiger partial charge in [0.2, 0.25) is 0 Å². The molecular formula is C14H26O10S. The smallest absolute Gasteiger partial charge is 0.187 e. The fourth-order valence-corrected chi connectivity index (χ4v) is 3.78. The predicted octanol–water partition coefficient (Wildman–Crippen LogP) is -3.64. The average molecular weight is 386 g/mol. The molecule has 0 amide bonds. The van der Waals surface area contributed by atoms with Crippen molar-refractivity contribution in [2.24, 2.45) is 0 Å². The van der Waals surface area contributed by atoms with Crippen molar-refractivity contribution in [1.29, 1.82) is 0 Å². The van der Waals surface area contributed by atoms with E-state index in [2.05, 4.69) is 0 Å². The van der Waals surface area contributed by atoms with Crippen molar-refractivity contribution >= 4 is 11.8 Å². The van der Waals surface area contributed by atoms with Gasteiger partial charge in [-0.25, -0.2) is 0 Å². The molecule has 0 aliphatic carbocycles. The van der Waals surface area contributed by atoms with Gasteiger partial charge in [-0.05, 0) is 5.75 Å². The highest BCUT2D eigenvalue weighted by molar-refractivity contribution is 7.99. The summed E-state index contributed by atoms with van der Waals surface area (Å²) in [4.78, 5) is 0. The fraction of sp³-hybridized carbons (Fsp3) is 1.00. The van der Waals surface area contributed by atoms with Gasteiger partial charge in [-0.1, -0.05) is 6.92 Å². The molecule has 2 fully saturated rings. The van der Waals surface area contributed by atoms with Crippen LogP contribution in [0.4, 0.5) is 0 Å². The molecule has 2 aliphatic rings. The fourth-order valence-electron chi connectivity index (χ4n) is 2.88. The lowest BCUT2D eigenvalue weighted by Gasteiger charge is -2.42. The minimum Gasteiger partial charge on any atom is -0.394 e. The highest BCUT2D eigenvalue weighted by Crippen LogP contribution is 2.33. The van der Waals surface area contributed by atoms with Crippen molar-refractivity contribution in [3.05, 3.63) is 0 Å². The Hall–Kier alpha value is -0.0500. The van der Waals surface area contributed by atoms with E-state index in [1.54, 1.807) is 0 Å². The summed E-state index contributed by atoms with van der Waals surface area (Å²) in [6, 6.07) is 0. The van der Waals surface area contributed by atoms with Gasteiger partial charge < -0.3 is 50.0 Å². The van der Waals surface area contributed by atoms with Crippen LogP contribution < -0.4 is 0 Å². The molecule has 0 bridgehead atoms. The van der Waals surface area contributed by atoms with Crippen LogP contribution in [0, 0.1) is 0 Å². The quantitative estimate of drug-likeness (QED) is 0.230. The van der Waals surface area contributed by atoms with E-state index in [0.29, 0.717) is 5.75 Å². The average Bonchev–Trinajstić information content (AvgIpc) is 2.88. The Morgan fingerprint density at radius 3 is 2.24 bits per heavy atom. The summed E-state index contributed by atoms with van der Waals surface area (Å²) in [5, 5.41) is 68.5. The summed E-state index contributed by atoms with van der Waals surface area (Å²) in [6.45, 7) is 0.652. The van der Waals surface area contributed by atoms with Crippen LogP contribution in [0.1, 0.15) is 6.92 Å². The van der Waals surface area contributed by atoms with E-state index in [0.717, 1.165) is 0 Å². The van der Waals surface area contributed by atoms with Gasteiger partial charge in [0, 0.05) is 0 Å². The standard InChI is InChI=1S/C14H26O10S/c1-2-25-14-10(21)12(7(18)6(4-16)22-14)24-13-9(20)8(19)11(23-13)5(17)3-15/h5-21H,2-4H2,1H3/t5-,6-,7-,8-,9-,10+,11+,12+,13+,14-/m1/s1. The highest BCUT2D eigenvalue weighted by atomic mass is 32.2. The SMILES string of the molecule is CCS[C@H]1O[C@H](CO)[C@@H](O)[C@H](O[C@@H]2O[C@@H]([C@H](O)CO)[C@H](O)[C@H]2O)[C@@H]1O. The first kappa shape index (κ1) is 21.3. The van der Waals surface area contributed by atoms with E-state index in [-0.39, 0.29) is 0 Å². The summed E-state index contributed by atoms with van der Waals surface area (Å²) in [5.41, 5.74) is -0.766. The lowest BCUT2D eigenvalue weighted by Crippen LogP contribution is -2.60. The Balaban J connectivity index is 2.10. The van der Waals surface area contributed by atoms with Gasteiger partial charge in [0.05, 0.1) is 13.2 Å². The Labute approximate surface area is 148 Å². The van der Waals surface area contributed by atoms with E-state index >= 15 is 0 Å². The van der Waals surface area contributed by atoms with Crippen LogP contribution in [0.25, 0.3) is 0 Å². The van der Waals surface area contributed by atoms with Crippen molar-refractivity contribution < 1.29 is 50.0 Å². The first-order valence-corrected chi connectivity index (χ1v) is 9.10. The second kappa shape index (κ2) is 9.24. The van der Waals surface area contributed by atoms with Gasteiger partial charge in [0.1, 0.15) is 54.3 Å². The maximum Gasteiger partial charge on any atom is 0.187 e.